The summed E-state index contributed by atoms with van der Waals surface area (Å²) in [6.45, 7) is 2.86. The van der Waals surface area contributed by atoms with Gasteiger partial charge in [0.2, 0.25) is 5.95 Å². The van der Waals surface area contributed by atoms with Crippen molar-refractivity contribution < 1.29 is 40.7 Å². The van der Waals surface area contributed by atoms with E-state index in [0.29, 0.717) is 29.7 Å². The van der Waals surface area contributed by atoms with E-state index in [2.05, 4.69) is 15.1 Å². The second kappa shape index (κ2) is 12.0. The summed E-state index contributed by atoms with van der Waals surface area (Å²) in [6, 6.07) is 0.299. The van der Waals surface area contributed by atoms with Gasteiger partial charge in [-0.1, -0.05) is 6.92 Å². The minimum absolute atomic E-state index is 0.0149. The summed E-state index contributed by atoms with van der Waals surface area (Å²) in [5.41, 5.74) is -1.89. The van der Waals surface area contributed by atoms with Gasteiger partial charge in [-0.3, -0.25) is 9.48 Å². The highest BCUT2D eigenvalue weighted by Gasteiger charge is 2.41. The molecule has 2 atom stereocenters. The first-order valence-corrected chi connectivity index (χ1v) is 13.0. The number of halogens is 6. The number of likely N-dealkylation sites (tertiary alicyclic amines) is 1. The van der Waals surface area contributed by atoms with Gasteiger partial charge in [0.25, 0.3) is 0 Å². The van der Waals surface area contributed by atoms with Crippen LogP contribution in [0, 0.1) is 0 Å². The van der Waals surface area contributed by atoms with Crippen LogP contribution < -0.4 is 4.90 Å². The molecule has 1 amide bonds. The maximum Gasteiger partial charge on any atom is 0.416 e. The fourth-order valence-corrected chi connectivity index (χ4v) is 4.92. The van der Waals surface area contributed by atoms with Crippen molar-refractivity contribution in [1.29, 1.82) is 0 Å². The Morgan fingerprint density at radius 1 is 0.976 bits per heavy atom. The third kappa shape index (κ3) is 6.82. The van der Waals surface area contributed by atoms with Gasteiger partial charge in [0, 0.05) is 55.9 Å². The molecule has 1 fully saturated rings. The molecule has 15 heteroatoms. The van der Waals surface area contributed by atoms with Crippen molar-refractivity contribution in [3.63, 3.8) is 0 Å². The molecule has 42 heavy (non-hydrogen) atoms. The van der Waals surface area contributed by atoms with Gasteiger partial charge in [-0.25, -0.2) is 14.8 Å². The molecule has 1 aliphatic heterocycles. The number of aromatic nitrogens is 4. The lowest BCUT2D eigenvalue weighted by Crippen LogP contribution is -2.43. The molecule has 2 aromatic heterocycles. The van der Waals surface area contributed by atoms with Crippen LogP contribution in [0.2, 0.25) is 0 Å². The van der Waals surface area contributed by atoms with Crippen molar-refractivity contribution in [3.05, 3.63) is 59.7 Å². The fourth-order valence-electron chi connectivity index (χ4n) is 4.92. The van der Waals surface area contributed by atoms with E-state index in [1.54, 1.807) is 38.0 Å². The van der Waals surface area contributed by atoms with E-state index >= 15 is 0 Å². The maximum atomic E-state index is 13.6. The first kappa shape index (κ1) is 30.8. The van der Waals surface area contributed by atoms with Gasteiger partial charge < -0.3 is 14.5 Å². The average Bonchev–Trinajstić information content (AvgIpc) is 3.57. The van der Waals surface area contributed by atoms with Crippen molar-refractivity contribution in [2.45, 2.75) is 57.7 Å². The quantitative estimate of drug-likeness (QED) is 0.218. The Morgan fingerprint density at radius 3 is 2.10 bits per heavy atom. The molecule has 0 spiro atoms. The molecule has 4 rings (SSSR count). The zero-order chi connectivity index (χ0) is 30.8. The van der Waals surface area contributed by atoms with Crippen LogP contribution in [0.15, 0.2) is 43.0 Å². The number of nitrogens with zero attached hydrogens (tertiary/aromatic N) is 6. The third-order valence-electron chi connectivity index (χ3n) is 6.95. The minimum atomic E-state index is -5.02. The van der Waals surface area contributed by atoms with Crippen LogP contribution in [0.3, 0.4) is 0 Å². The molecular weight excluding hydrogens is 570 g/mol. The van der Waals surface area contributed by atoms with Crippen LogP contribution in [-0.4, -0.2) is 61.8 Å². The molecular formula is C27H28F6N6O3. The van der Waals surface area contributed by atoms with Crippen LogP contribution in [0.4, 0.5) is 32.3 Å². The van der Waals surface area contributed by atoms with Gasteiger partial charge in [-0.2, -0.15) is 31.4 Å². The van der Waals surface area contributed by atoms with E-state index in [1.807, 2.05) is 0 Å². The number of esters is 1. The highest BCUT2D eigenvalue weighted by molar-refractivity contribution is 6.32. The number of anilines is 1. The van der Waals surface area contributed by atoms with Crippen LogP contribution in [0.1, 0.15) is 43.4 Å². The lowest BCUT2D eigenvalue weighted by Gasteiger charge is -2.29. The summed E-state index contributed by atoms with van der Waals surface area (Å²) < 4.78 is 87.9. The van der Waals surface area contributed by atoms with Crippen molar-refractivity contribution in [2.75, 3.05) is 18.1 Å². The third-order valence-corrected chi connectivity index (χ3v) is 6.95. The summed E-state index contributed by atoms with van der Waals surface area (Å²) in [5, 5.41) is 4.09. The monoisotopic (exact) mass is 598 g/mol. The van der Waals surface area contributed by atoms with Gasteiger partial charge in [0.05, 0.1) is 30.0 Å². The van der Waals surface area contributed by atoms with E-state index in [0.717, 1.165) is 0 Å². The van der Waals surface area contributed by atoms with Crippen molar-refractivity contribution >= 4 is 17.8 Å². The Bertz CT molecular complexity index is 1390. The van der Waals surface area contributed by atoms with Gasteiger partial charge in [0.1, 0.15) is 0 Å². The number of rotatable bonds is 7. The average molecular weight is 599 g/mol. The van der Waals surface area contributed by atoms with Crippen molar-refractivity contribution in [1.82, 2.24) is 24.6 Å². The molecule has 0 aliphatic carbocycles. The largest absolute Gasteiger partial charge is 0.459 e. The number of ether oxygens (including phenoxy) is 1. The number of aryl methyl sites for hydroxylation is 1. The minimum Gasteiger partial charge on any atom is -0.459 e. The summed E-state index contributed by atoms with van der Waals surface area (Å²) in [6.07, 6.45) is -3.10. The Morgan fingerprint density at radius 2 is 1.60 bits per heavy atom. The predicted molar refractivity (Wildman–Crippen MR) is 138 cm³/mol. The standard InChI is InChI=1S/C27H28F6N6O3/c1-4-21-9-22(15-38(21)23(40)24(41)42-5-2)39(25-34-10-17(11-35-25)18-12-36-37(3)14-18)13-16-6-19(26(28,29)30)8-20(7-16)27(31,32)33/h6-8,10-12,14,21-22H,4-5,9,13,15H2,1-3H3/t21-,22+/m1/s1. The molecule has 0 radical (unpaired) electrons. The molecule has 1 aromatic carbocycles. The second-order valence-corrected chi connectivity index (χ2v) is 9.85. The zero-order valence-corrected chi connectivity index (χ0v) is 22.9. The van der Waals surface area contributed by atoms with E-state index in [-0.39, 0.29) is 37.2 Å². The summed E-state index contributed by atoms with van der Waals surface area (Å²) in [5.74, 6) is -1.90. The van der Waals surface area contributed by atoms with Crippen molar-refractivity contribution in [2.24, 2.45) is 7.05 Å². The van der Waals surface area contributed by atoms with E-state index in [1.165, 1.54) is 22.2 Å². The molecule has 0 unspecified atom stereocenters. The maximum absolute atomic E-state index is 13.6. The molecule has 9 nitrogen and oxygen atoms in total. The lowest BCUT2D eigenvalue weighted by molar-refractivity contribution is -0.160. The predicted octanol–water partition coefficient (Wildman–Crippen LogP) is 4.86. The molecule has 226 valence electrons. The normalized spacial score (nSPS) is 17.4. The molecule has 3 heterocycles. The fraction of sp³-hybridized carbons (Fsp3) is 0.444. The number of alkyl halides is 6. The number of amides is 1. The van der Waals surface area contributed by atoms with Gasteiger partial charge in [-0.15, -0.1) is 0 Å². The lowest BCUT2D eigenvalue weighted by atomic mass is 10.0. The number of hydrogen-bond donors (Lipinski definition) is 0. The highest BCUT2D eigenvalue weighted by atomic mass is 19.4. The van der Waals surface area contributed by atoms with Crippen LogP contribution in [-0.2, 0) is 40.3 Å². The van der Waals surface area contributed by atoms with Gasteiger partial charge >= 0.3 is 24.2 Å². The van der Waals surface area contributed by atoms with Crippen molar-refractivity contribution in [3.8, 4) is 11.1 Å². The molecule has 0 N–H and O–H groups in total. The van der Waals surface area contributed by atoms with Gasteiger partial charge in [0.15, 0.2) is 0 Å². The second-order valence-electron chi connectivity index (χ2n) is 9.85. The van der Waals surface area contributed by atoms with Crippen LogP contribution in [0.25, 0.3) is 11.1 Å². The number of benzene rings is 1. The van der Waals surface area contributed by atoms with Crippen LogP contribution in [0.5, 0.6) is 0 Å². The zero-order valence-electron chi connectivity index (χ0n) is 22.9. The Hall–Kier alpha value is -4.17. The number of hydrogen-bond acceptors (Lipinski definition) is 7. The number of carbonyl (C=O) groups is 2. The molecule has 1 aliphatic rings. The summed E-state index contributed by atoms with van der Waals surface area (Å²) in [4.78, 5) is 36.5. The Kier molecular flexibility index (Phi) is 8.78. The summed E-state index contributed by atoms with van der Waals surface area (Å²) >= 11 is 0. The first-order chi connectivity index (χ1) is 19.7. The molecule has 3 aromatic rings. The Balaban J connectivity index is 1.74. The number of carbonyl (C=O) groups excluding carboxylic acids is 2. The molecule has 1 saturated heterocycles. The van der Waals surface area contributed by atoms with Crippen LogP contribution >= 0.6 is 0 Å². The van der Waals surface area contributed by atoms with E-state index < -0.39 is 54.0 Å². The van der Waals surface area contributed by atoms with E-state index in [4.69, 9.17) is 4.74 Å². The SMILES string of the molecule is CCOC(=O)C(=O)N1C[C@@H](N(Cc2cc(C(F)(F)F)cc(C(F)(F)F)c2)c2ncc(-c3cnn(C)c3)cn2)C[C@H]1CC. The molecule has 0 bridgehead atoms. The smallest absolute Gasteiger partial charge is 0.416 e. The summed E-state index contributed by atoms with van der Waals surface area (Å²) in [7, 11) is 1.72. The topological polar surface area (TPSA) is 93.5 Å². The molecule has 0 saturated carbocycles. The van der Waals surface area contributed by atoms with Gasteiger partial charge in [-0.05, 0) is 43.5 Å². The van der Waals surface area contributed by atoms with E-state index in [9.17, 15) is 35.9 Å². The first-order valence-electron chi connectivity index (χ1n) is 13.0. The Labute approximate surface area is 237 Å². The highest BCUT2D eigenvalue weighted by Crippen LogP contribution is 2.37.